The number of hydrogen-bond donors (Lipinski definition) is 12. The Morgan fingerprint density at radius 3 is 1.36 bits per heavy atom. The van der Waals surface area contributed by atoms with Crippen LogP contribution in [0.25, 0.3) is 0 Å². The molecule has 0 aromatic heterocycles. The molecular weight excluding hydrogens is 1050 g/mol. The van der Waals surface area contributed by atoms with E-state index >= 15 is 0 Å². The van der Waals surface area contributed by atoms with Crippen molar-refractivity contribution in [2.45, 2.75) is 259 Å². The number of amides is 1. The Morgan fingerprint density at radius 2 is 0.864 bits per heavy atom. The van der Waals surface area contributed by atoms with Gasteiger partial charge in [-0.15, -0.1) is 0 Å². The van der Waals surface area contributed by atoms with Gasteiger partial charge in [0.15, 0.2) is 18.9 Å². The van der Waals surface area contributed by atoms with Crippen LogP contribution in [0.4, 0.5) is 0 Å². The largest absolute Gasteiger partial charge is 0.394 e. The second kappa shape index (κ2) is 44.2. The molecule has 3 fully saturated rings. The summed E-state index contributed by atoms with van der Waals surface area (Å²) in [4.78, 5) is 13.2. The number of carbonyl (C=O) groups is 1. The first kappa shape index (κ1) is 72.0. The first-order valence-electron chi connectivity index (χ1n) is 30.0. The average molecular weight is 1150 g/mol. The SMILES string of the molecule is CC/C=C\C/C=C\C/C=C\C/C=C\C/C=C\CC(=O)NC(COC1OC(CO)C(OC2OC(CO)C(OC3OC(CO)C(O)C(O)C3O)C(O)C2O)C(O)C1O)C(O)/C=C/CC/C=C/CC/C=C/CCCCCCCCCCCCC. The van der Waals surface area contributed by atoms with E-state index in [-0.39, 0.29) is 6.42 Å². The predicted octanol–water partition coefficient (Wildman–Crippen LogP) is 5.37. The van der Waals surface area contributed by atoms with Gasteiger partial charge in [-0.3, -0.25) is 4.79 Å². The van der Waals surface area contributed by atoms with Gasteiger partial charge in [0, 0.05) is 6.42 Å². The number of ether oxygens (including phenoxy) is 6. The third-order valence-electron chi connectivity index (χ3n) is 14.4. The van der Waals surface area contributed by atoms with Crippen LogP contribution < -0.4 is 5.32 Å². The summed E-state index contributed by atoms with van der Waals surface area (Å²) in [6.07, 6.45) is 28.5. The van der Waals surface area contributed by atoms with Crippen LogP contribution in [-0.4, -0.2) is 193 Å². The third kappa shape index (κ3) is 28.0. The highest BCUT2D eigenvalue weighted by molar-refractivity contribution is 5.77. The highest BCUT2D eigenvalue weighted by Gasteiger charge is 2.53. The van der Waals surface area contributed by atoms with Crippen LogP contribution in [0.5, 0.6) is 0 Å². The van der Waals surface area contributed by atoms with Gasteiger partial charge in [-0.05, 0) is 70.6 Å². The number of rotatable bonds is 42. The highest BCUT2D eigenvalue weighted by Crippen LogP contribution is 2.33. The molecule has 1 amide bonds. The van der Waals surface area contributed by atoms with Gasteiger partial charge in [0.25, 0.3) is 0 Å². The number of nitrogens with one attached hydrogen (secondary N) is 1. The maximum atomic E-state index is 13.2. The normalized spacial score (nSPS) is 30.5. The zero-order valence-electron chi connectivity index (χ0n) is 48.2. The van der Waals surface area contributed by atoms with Crippen molar-refractivity contribution >= 4 is 5.91 Å². The summed E-state index contributed by atoms with van der Waals surface area (Å²) in [6, 6.07) is -1.06. The summed E-state index contributed by atoms with van der Waals surface area (Å²) < 4.78 is 34.1. The van der Waals surface area contributed by atoms with Crippen molar-refractivity contribution in [3.05, 3.63) is 97.2 Å². The molecule has 0 spiro atoms. The van der Waals surface area contributed by atoms with Gasteiger partial charge in [0.05, 0.1) is 38.6 Å². The lowest BCUT2D eigenvalue weighted by atomic mass is 9.96. The lowest BCUT2D eigenvalue weighted by molar-refractivity contribution is -0.379. The minimum atomic E-state index is -1.99. The molecule has 3 aliphatic heterocycles. The molecule has 19 nitrogen and oxygen atoms in total. The second-order valence-corrected chi connectivity index (χ2v) is 21.1. The zero-order chi connectivity index (χ0) is 59.0. The Hall–Kier alpha value is -3.29. The van der Waals surface area contributed by atoms with E-state index in [2.05, 4.69) is 79.9 Å². The molecule has 19 heteroatoms. The van der Waals surface area contributed by atoms with Crippen molar-refractivity contribution in [3.8, 4) is 0 Å². The summed E-state index contributed by atoms with van der Waals surface area (Å²) in [7, 11) is 0. The fourth-order valence-corrected chi connectivity index (χ4v) is 9.46. The number of carbonyl (C=O) groups excluding carboxylic acids is 1. The highest BCUT2D eigenvalue weighted by atomic mass is 16.8. The van der Waals surface area contributed by atoms with Crippen LogP contribution in [0, 0.1) is 0 Å². The van der Waals surface area contributed by atoms with E-state index in [1.807, 2.05) is 18.2 Å². The van der Waals surface area contributed by atoms with Crippen LogP contribution in [0.3, 0.4) is 0 Å². The summed E-state index contributed by atoms with van der Waals surface area (Å²) in [5, 5.41) is 120. The average Bonchev–Trinajstić information content (AvgIpc) is 3.52. The van der Waals surface area contributed by atoms with Crippen LogP contribution in [-0.2, 0) is 33.2 Å². The van der Waals surface area contributed by atoms with Gasteiger partial charge in [0.2, 0.25) is 5.91 Å². The maximum Gasteiger partial charge on any atom is 0.224 e. The molecule has 0 aliphatic carbocycles. The topological polar surface area (TPSA) is 307 Å². The van der Waals surface area contributed by atoms with Crippen LogP contribution in [0.1, 0.15) is 155 Å². The fraction of sp³-hybridized carbons (Fsp3) is 0.726. The predicted molar refractivity (Wildman–Crippen MR) is 309 cm³/mol. The molecule has 0 aromatic carbocycles. The molecule has 464 valence electrons. The number of unbranched alkanes of at least 4 members (excludes halogenated alkanes) is 13. The quantitative estimate of drug-likeness (QED) is 0.0270. The van der Waals surface area contributed by atoms with Crippen molar-refractivity contribution in [1.29, 1.82) is 0 Å². The van der Waals surface area contributed by atoms with Crippen molar-refractivity contribution in [1.82, 2.24) is 5.32 Å². The molecule has 0 radical (unpaired) electrons. The minimum Gasteiger partial charge on any atom is -0.394 e. The van der Waals surface area contributed by atoms with Crippen molar-refractivity contribution in [2.75, 3.05) is 26.4 Å². The lowest BCUT2D eigenvalue weighted by Crippen LogP contribution is -2.66. The van der Waals surface area contributed by atoms with Crippen LogP contribution >= 0.6 is 0 Å². The number of aliphatic hydroxyl groups is 11. The van der Waals surface area contributed by atoms with Gasteiger partial charge in [-0.1, -0.05) is 175 Å². The van der Waals surface area contributed by atoms with Gasteiger partial charge >= 0.3 is 0 Å². The molecule has 3 aliphatic rings. The Balaban J connectivity index is 1.55. The number of aliphatic hydroxyl groups excluding tert-OH is 11. The summed E-state index contributed by atoms with van der Waals surface area (Å²) in [5.74, 6) is -0.421. The maximum absolute atomic E-state index is 13.2. The minimum absolute atomic E-state index is 0.00574. The summed E-state index contributed by atoms with van der Waals surface area (Å²) in [6.45, 7) is 1.48. The van der Waals surface area contributed by atoms with Gasteiger partial charge < -0.3 is 89.9 Å². The first-order chi connectivity index (χ1) is 39.3. The first-order valence-corrected chi connectivity index (χ1v) is 30.0. The van der Waals surface area contributed by atoms with Gasteiger partial charge in [-0.2, -0.15) is 0 Å². The molecule has 3 rings (SSSR count). The van der Waals surface area contributed by atoms with E-state index in [4.69, 9.17) is 28.4 Å². The molecule has 3 saturated heterocycles. The van der Waals surface area contributed by atoms with Crippen molar-refractivity contribution in [3.63, 3.8) is 0 Å². The lowest BCUT2D eigenvalue weighted by Gasteiger charge is -2.48. The Bertz CT molecular complexity index is 1850. The monoisotopic (exact) mass is 1150 g/mol. The summed E-state index contributed by atoms with van der Waals surface area (Å²) >= 11 is 0. The number of allylic oxidation sites excluding steroid dienone is 14. The van der Waals surface area contributed by atoms with Crippen LogP contribution in [0.2, 0.25) is 0 Å². The van der Waals surface area contributed by atoms with E-state index in [0.29, 0.717) is 12.8 Å². The molecule has 17 atom stereocenters. The molecule has 12 N–H and O–H groups in total. The molecule has 17 unspecified atom stereocenters. The Morgan fingerprint density at radius 1 is 0.457 bits per heavy atom. The second-order valence-electron chi connectivity index (χ2n) is 21.1. The number of hydrogen-bond acceptors (Lipinski definition) is 18. The van der Waals surface area contributed by atoms with E-state index in [1.165, 1.54) is 70.6 Å². The Labute approximate surface area is 482 Å². The molecule has 0 aromatic rings. The van der Waals surface area contributed by atoms with Gasteiger partial charge in [0.1, 0.15) is 73.2 Å². The zero-order valence-corrected chi connectivity index (χ0v) is 48.2. The Kier molecular flexibility index (Phi) is 39.3. The van der Waals surface area contributed by atoms with Crippen molar-refractivity contribution in [2.24, 2.45) is 0 Å². The fourth-order valence-electron chi connectivity index (χ4n) is 9.46. The molecule has 81 heavy (non-hydrogen) atoms. The van der Waals surface area contributed by atoms with Crippen LogP contribution in [0.15, 0.2) is 97.2 Å². The molecular formula is C62H103NO18. The van der Waals surface area contributed by atoms with E-state index in [1.54, 1.807) is 18.2 Å². The van der Waals surface area contributed by atoms with E-state index in [0.717, 1.165) is 51.4 Å². The van der Waals surface area contributed by atoms with Gasteiger partial charge in [-0.25, -0.2) is 0 Å². The summed E-state index contributed by atoms with van der Waals surface area (Å²) in [5.41, 5.74) is 0. The molecule has 0 bridgehead atoms. The standard InChI is InChI=1S/C62H103NO18/c1-3-5-7-9-11-13-15-17-19-20-21-22-23-24-26-27-29-31-33-35-37-39-46(67)45(63-50(68)40-38-36-34-32-30-28-25-18-16-14-12-10-8-6-4-2)44-76-60-56(74)53(71)58(48(42-65)78-60)81-62-57(75)54(72)59(49(43-66)79-62)80-61-55(73)52(70)51(69)47(41-64)77-61/h6,8,12,14,18,23-25,29-32,36-39,45-49,51-62,64-67,69-75H,3-5,7,9-11,13,15-17,19-22,26-28,33-35,40-44H2,1-2H3,(H,63,68)/b8-6-,14-12-,24-23+,25-18-,31-29+,32-30-,38-36-,39-37+. The molecule has 3 heterocycles. The smallest absolute Gasteiger partial charge is 0.224 e. The third-order valence-corrected chi connectivity index (χ3v) is 14.4. The van der Waals surface area contributed by atoms with E-state index < -0.39 is 137 Å². The van der Waals surface area contributed by atoms with E-state index in [9.17, 15) is 61.0 Å². The van der Waals surface area contributed by atoms with Crippen molar-refractivity contribution < 1.29 is 89.4 Å². The molecule has 0 saturated carbocycles.